The van der Waals surface area contributed by atoms with Gasteiger partial charge in [0.1, 0.15) is 0 Å². The normalized spacial score (nSPS) is 14.1. The molecule has 0 fully saturated rings. The van der Waals surface area contributed by atoms with E-state index in [9.17, 15) is 4.79 Å². The van der Waals surface area contributed by atoms with Crippen LogP contribution in [0, 0.1) is 12.8 Å². The summed E-state index contributed by atoms with van der Waals surface area (Å²) < 4.78 is 0. The Labute approximate surface area is 103 Å². The molecule has 3 heteroatoms. The number of nitrogens with two attached hydrogens (primary N) is 1. The van der Waals surface area contributed by atoms with E-state index in [1.807, 2.05) is 32.0 Å². The van der Waals surface area contributed by atoms with Crippen LogP contribution in [0.25, 0.3) is 0 Å². The highest BCUT2D eigenvalue weighted by molar-refractivity contribution is 5.79. The average molecular weight is 234 g/mol. The summed E-state index contributed by atoms with van der Waals surface area (Å²) in [5.41, 5.74) is 7.92. The van der Waals surface area contributed by atoms with Crippen LogP contribution in [0.2, 0.25) is 0 Å². The summed E-state index contributed by atoms with van der Waals surface area (Å²) in [7, 11) is 0. The van der Waals surface area contributed by atoms with Gasteiger partial charge in [0, 0.05) is 12.5 Å². The summed E-state index contributed by atoms with van der Waals surface area (Å²) in [4.78, 5) is 11.9. The minimum atomic E-state index is -0.0820. The van der Waals surface area contributed by atoms with E-state index in [0.29, 0.717) is 6.54 Å². The SMILES string of the molecule is CCC(CN)C(=O)N[C@@H](C)c1ccccc1C. The lowest BCUT2D eigenvalue weighted by atomic mass is 10.0. The van der Waals surface area contributed by atoms with Crippen LogP contribution in [0.4, 0.5) is 0 Å². The number of aryl methyl sites for hydroxylation is 1. The molecule has 2 atom stereocenters. The topological polar surface area (TPSA) is 55.1 Å². The van der Waals surface area contributed by atoms with Crippen molar-refractivity contribution in [2.45, 2.75) is 33.2 Å². The molecule has 3 N–H and O–H groups in total. The van der Waals surface area contributed by atoms with Gasteiger partial charge in [-0.15, -0.1) is 0 Å². The Morgan fingerprint density at radius 3 is 2.59 bits per heavy atom. The number of nitrogens with one attached hydrogen (secondary N) is 1. The second kappa shape index (κ2) is 6.40. The van der Waals surface area contributed by atoms with Gasteiger partial charge in [-0.2, -0.15) is 0 Å². The van der Waals surface area contributed by atoms with Crippen LogP contribution >= 0.6 is 0 Å². The van der Waals surface area contributed by atoms with Crippen LogP contribution in [-0.4, -0.2) is 12.5 Å². The molecule has 0 radical (unpaired) electrons. The third-order valence-electron chi connectivity index (χ3n) is 3.16. The number of amides is 1. The van der Waals surface area contributed by atoms with Crippen molar-refractivity contribution in [2.75, 3.05) is 6.54 Å². The lowest BCUT2D eigenvalue weighted by Gasteiger charge is -2.19. The molecule has 17 heavy (non-hydrogen) atoms. The average Bonchev–Trinajstić information content (AvgIpc) is 2.31. The zero-order valence-corrected chi connectivity index (χ0v) is 10.9. The summed E-state index contributed by atoms with van der Waals surface area (Å²) in [5.74, 6) is -0.0350. The Balaban J connectivity index is 2.70. The lowest BCUT2D eigenvalue weighted by molar-refractivity contribution is -0.125. The number of carbonyl (C=O) groups is 1. The van der Waals surface area contributed by atoms with Crippen LogP contribution < -0.4 is 11.1 Å². The molecule has 0 saturated carbocycles. The molecule has 0 aliphatic carbocycles. The molecule has 0 spiro atoms. The summed E-state index contributed by atoms with van der Waals surface area (Å²) in [6.07, 6.45) is 0.781. The molecule has 0 heterocycles. The number of benzene rings is 1. The Kier molecular flexibility index (Phi) is 5.16. The van der Waals surface area contributed by atoms with Gasteiger partial charge in [0.25, 0.3) is 0 Å². The van der Waals surface area contributed by atoms with Crippen molar-refractivity contribution >= 4 is 5.91 Å². The van der Waals surface area contributed by atoms with Crippen molar-refractivity contribution in [3.05, 3.63) is 35.4 Å². The maximum Gasteiger partial charge on any atom is 0.224 e. The minimum Gasteiger partial charge on any atom is -0.349 e. The van der Waals surface area contributed by atoms with Gasteiger partial charge < -0.3 is 11.1 Å². The first-order valence-electron chi connectivity index (χ1n) is 6.16. The molecule has 1 aromatic rings. The van der Waals surface area contributed by atoms with Gasteiger partial charge in [0.15, 0.2) is 0 Å². The van der Waals surface area contributed by atoms with Gasteiger partial charge in [-0.05, 0) is 31.4 Å². The minimum absolute atomic E-state index is 0.0318. The predicted molar refractivity (Wildman–Crippen MR) is 70.6 cm³/mol. The quantitative estimate of drug-likeness (QED) is 0.820. The zero-order valence-electron chi connectivity index (χ0n) is 10.9. The molecule has 1 amide bonds. The van der Waals surface area contributed by atoms with E-state index < -0.39 is 0 Å². The molecule has 0 aliphatic heterocycles. The molecule has 1 aromatic carbocycles. The van der Waals surface area contributed by atoms with Crippen molar-refractivity contribution < 1.29 is 4.79 Å². The maximum atomic E-state index is 11.9. The third kappa shape index (κ3) is 3.56. The van der Waals surface area contributed by atoms with Gasteiger partial charge >= 0.3 is 0 Å². The Morgan fingerprint density at radius 2 is 2.06 bits per heavy atom. The number of hydrogen-bond acceptors (Lipinski definition) is 2. The Hall–Kier alpha value is -1.35. The summed E-state index contributed by atoms with van der Waals surface area (Å²) in [6, 6.07) is 8.12. The van der Waals surface area contributed by atoms with Crippen LogP contribution in [0.3, 0.4) is 0 Å². The first-order valence-corrected chi connectivity index (χ1v) is 6.16. The highest BCUT2D eigenvalue weighted by Gasteiger charge is 2.17. The van der Waals surface area contributed by atoms with E-state index in [4.69, 9.17) is 5.73 Å². The van der Waals surface area contributed by atoms with Crippen molar-refractivity contribution in [1.82, 2.24) is 5.32 Å². The van der Waals surface area contributed by atoms with E-state index in [2.05, 4.69) is 18.3 Å². The number of rotatable bonds is 5. The molecule has 94 valence electrons. The van der Waals surface area contributed by atoms with Gasteiger partial charge in [-0.1, -0.05) is 31.2 Å². The molecule has 1 unspecified atom stereocenters. The second-order valence-electron chi connectivity index (χ2n) is 4.43. The van der Waals surface area contributed by atoms with E-state index in [0.717, 1.165) is 12.0 Å². The molecular formula is C14H22N2O. The molecule has 0 saturated heterocycles. The third-order valence-corrected chi connectivity index (χ3v) is 3.16. The lowest BCUT2D eigenvalue weighted by Crippen LogP contribution is -2.36. The summed E-state index contributed by atoms with van der Waals surface area (Å²) in [6.45, 7) is 6.44. The molecule has 0 aromatic heterocycles. The van der Waals surface area contributed by atoms with Gasteiger partial charge in [0.2, 0.25) is 5.91 Å². The van der Waals surface area contributed by atoms with Crippen LogP contribution in [0.1, 0.15) is 37.4 Å². The zero-order chi connectivity index (χ0) is 12.8. The molecule has 0 bridgehead atoms. The first-order chi connectivity index (χ1) is 8.10. The second-order valence-corrected chi connectivity index (χ2v) is 4.43. The largest absolute Gasteiger partial charge is 0.349 e. The molecule has 3 nitrogen and oxygen atoms in total. The van der Waals surface area contributed by atoms with Crippen LogP contribution in [-0.2, 0) is 4.79 Å². The fraction of sp³-hybridized carbons (Fsp3) is 0.500. The summed E-state index contributed by atoms with van der Waals surface area (Å²) in [5, 5.41) is 3.02. The summed E-state index contributed by atoms with van der Waals surface area (Å²) >= 11 is 0. The van der Waals surface area contributed by atoms with Crippen molar-refractivity contribution in [2.24, 2.45) is 11.7 Å². The van der Waals surface area contributed by atoms with Gasteiger partial charge in [-0.3, -0.25) is 4.79 Å². The highest BCUT2D eigenvalue weighted by atomic mass is 16.1. The van der Waals surface area contributed by atoms with E-state index >= 15 is 0 Å². The smallest absolute Gasteiger partial charge is 0.224 e. The molecule has 0 aliphatic rings. The van der Waals surface area contributed by atoms with Crippen LogP contribution in [0.5, 0.6) is 0 Å². The molecule has 1 rings (SSSR count). The van der Waals surface area contributed by atoms with E-state index in [-0.39, 0.29) is 17.9 Å². The monoisotopic (exact) mass is 234 g/mol. The van der Waals surface area contributed by atoms with E-state index in [1.54, 1.807) is 0 Å². The standard InChI is InChI=1S/C14H22N2O/c1-4-12(9-15)14(17)16-11(3)13-8-6-5-7-10(13)2/h5-8,11-12H,4,9,15H2,1-3H3,(H,16,17)/t11-,12?/m0/s1. The van der Waals surface area contributed by atoms with Crippen molar-refractivity contribution in [3.8, 4) is 0 Å². The fourth-order valence-electron chi connectivity index (χ4n) is 1.94. The highest BCUT2D eigenvalue weighted by Crippen LogP contribution is 2.17. The van der Waals surface area contributed by atoms with E-state index in [1.165, 1.54) is 5.56 Å². The molecular weight excluding hydrogens is 212 g/mol. The maximum absolute atomic E-state index is 11.9. The predicted octanol–water partition coefficient (Wildman–Crippen LogP) is 2.16. The van der Waals surface area contributed by atoms with Crippen molar-refractivity contribution in [1.29, 1.82) is 0 Å². The van der Waals surface area contributed by atoms with Gasteiger partial charge in [-0.25, -0.2) is 0 Å². The number of hydrogen-bond donors (Lipinski definition) is 2. The van der Waals surface area contributed by atoms with Crippen molar-refractivity contribution in [3.63, 3.8) is 0 Å². The Bertz CT molecular complexity index is 372. The fourth-order valence-corrected chi connectivity index (χ4v) is 1.94. The number of carbonyl (C=O) groups excluding carboxylic acids is 1. The van der Waals surface area contributed by atoms with Crippen LogP contribution in [0.15, 0.2) is 24.3 Å². The Morgan fingerprint density at radius 1 is 1.41 bits per heavy atom. The van der Waals surface area contributed by atoms with Gasteiger partial charge in [0.05, 0.1) is 6.04 Å². The first kappa shape index (κ1) is 13.7.